The van der Waals surface area contributed by atoms with Crippen LogP contribution in [0.5, 0.6) is 0 Å². The van der Waals surface area contributed by atoms with E-state index < -0.39 is 10.0 Å². The first kappa shape index (κ1) is 14.4. The van der Waals surface area contributed by atoms with E-state index in [-0.39, 0.29) is 24.6 Å². The maximum Gasteiger partial charge on any atom is 0.253 e. The Bertz CT molecular complexity index is 517. The highest BCUT2D eigenvalue weighted by Gasteiger charge is 2.10. The van der Waals surface area contributed by atoms with Crippen LogP contribution in [0.3, 0.4) is 0 Å². The predicted molar refractivity (Wildman–Crippen MR) is 67.0 cm³/mol. The zero-order chi connectivity index (χ0) is 13.6. The second-order valence-corrected chi connectivity index (χ2v) is 5.28. The van der Waals surface area contributed by atoms with Crippen molar-refractivity contribution in [2.75, 3.05) is 17.7 Å². The number of aromatic nitrogens is 1. The fraction of sp³-hybridized carbons (Fsp3) is 0.333. The van der Waals surface area contributed by atoms with Crippen molar-refractivity contribution < 1.29 is 13.2 Å². The van der Waals surface area contributed by atoms with Gasteiger partial charge in [-0.25, -0.2) is 13.6 Å². The van der Waals surface area contributed by atoms with Crippen LogP contribution in [-0.4, -0.2) is 31.6 Å². The van der Waals surface area contributed by atoms with Gasteiger partial charge in [0.1, 0.15) is 0 Å². The van der Waals surface area contributed by atoms with E-state index in [0.29, 0.717) is 11.3 Å². The second kappa shape index (κ2) is 6.28. The zero-order valence-electron chi connectivity index (χ0n) is 9.59. The minimum absolute atomic E-state index is 0.175. The summed E-state index contributed by atoms with van der Waals surface area (Å²) in [6.45, 7) is 0.210. The van der Waals surface area contributed by atoms with Gasteiger partial charge in [-0.2, -0.15) is 0 Å². The van der Waals surface area contributed by atoms with Gasteiger partial charge in [-0.1, -0.05) is 0 Å². The fourth-order valence-electron chi connectivity index (χ4n) is 1.28. The van der Waals surface area contributed by atoms with E-state index >= 15 is 0 Å². The summed E-state index contributed by atoms with van der Waals surface area (Å²) in [6.07, 6.45) is 3.13. The highest BCUT2D eigenvalue weighted by molar-refractivity contribution is 7.89. The molecule has 0 bridgehead atoms. The molecule has 0 aromatic carbocycles. The molecule has 1 aromatic heterocycles. The van der Waals surface area contributed by atoms with E-state index in [1.807, 2.05) is 0 Å². The monoisotopic (exact) mass is 273 g/mol. The number of anilines is 1. The Morgan fingerprint density at radius 3 is 2.78 bits per heavy atom. The van der Waals surface area contributed by atoms with Crippen molar-refractivity contribution in [1.82, 2.24) is 10.3 Å². The summed E-state index contributed by atoms with van der Waals surface area (Å²) < 4.78 is 21.4. The van der Waals surface area contributed by atoms with Gasteiger partial charge in [0.2, 0.25) is 10.0 Å². The number of primary sulfonamides is 1. The third kappa shape index (κ3) is 4.65. The first-order valence-corrected chi connectivity index (χ1v) is 6.85. The minimum Gasteiger partial charge on any atom is -0.352 e. The Hall–Kier alpha value is -1.71. The van der Waals surface area contributed by atoms with Gasteiger partial charge in [-0.3, -0.25) is 15.6 Å². The molecular weight excluding hydrogens is 258 g/mol. The zero-order valence-corrected chi connectivity index (χ0v) is 10.4. The van der Waals surface area contributed by atoms with Gasteiger partial charge < -0.3 is 10.7 Å². The lowest BCUT2D eigenvalue weighted by Gasteiger charge is -2.08. The summed E-state index contributed by atoms with van der Waals surface area (Å²) in [7, 11) is -3.49. The predicted octanol–water partition coefficient (Wildman–Crippen LogP) is -1.22. The number of nitrogens with zero attached hydrogens (tertiary/aromatic N) is 1. The number of hydrazine groups is 1. The molecule has 1 amide bonds. The molecule has 0 radical (unpaired) electrons. The molecule has 18 heavy (non-hydrogen) atoms. The van der Waals surface area contributed by atoms with Crippen LogP contribution in [-0.2, 0) is 10.0 Å². The number of carbonyl (C=O) groups is 1. The molecule has 9 heteroatoms. The summed E-state index contributed by atoms with van der Waals surface area (Å²) in [6, 6.07) is 1.50. The summed E-state index contributed by atoms with van der Waals surface area (Å²) >= 11 is 0. The topological polar surface area (TPSA) is 140 Å². The average molecular weight is 273 g/mol. The summed E-state index contributed by atoms with van der Waals surface area (Å²) in [5.74, 6) is 4.70. The van der Waals surface area contributed by atoms with Crippen LogP contribution in [0.15, 0.2) is 18.5 Å². The lowest BCUT2D eigenvalue weighted by molar-refractivity contribution is 0.0954. The molecule has 0 saturated heterocycles. The van der Waals surface area contributed by atoms with E-state index in [9.17, 15) is 13.2 Å². The van der Waals surface area contributed by atoms with Crippen molar-refractivity contribution in [2.24, 2.45) is 11.0 Å². The molecule has 0 unspecified atom stereocenters. The standard InChI is InChI=1S/C9H15N5O3S/c10-14-8-6-12-4-2-7(8)9(15)13-3-1-5-18(11,16)17/h2,4,6,14H,1,3,5,10H2,(H,13,15)(H2,11,16,17). The number of carbonyl (C=O) groups excluding carboxylic acids is 1. The molecule has 0 aliphatic rings. The maximum absolute atomic E-state index is 11.7. The van der Waals surface area contributed by atoms with Crippen molar-refractivity contribution in [2.45, 2.75) is 6.42 Å². The van der Waals surface area contributed by atoms with Gasteiger partial charge in [0, 0.05) is 12.7 Å². The quantitative estimate of drug-likeness (QED) is 0.291. The summed E-state index contributed by atoms with van der Waals surface area (Å²) in [5.41, 5.74) is 3.08. The molecule has 0 aliphatic heterocycles. The van der Waals surface area contributed by atoms with Crippen molar-refractivity contribution in [3.8, 4) is 0 Å². The number of sulfonamides is 1. The number of pyridine rings is 1. The van der Waals surface area contributed by atoms with Crippen molar-refractivity contribution in [3.63, 3.8) is 0 Å². The highest BCUT2D eigenvalue weighted by atomic mass is 32.2. The molecule has 0 spiro atoms. The number of hydrogen-bond donors (Lipinski definition) is 4. The first-order chi connectivity index (χ1) is 8.44. The number of nitrogens with two attached hydrogens (primary N) is 2. The van der Waals surface area contributed by atoms with Gasteiger partial charge in [0.15, 0.2) is 0 Å². The average Bonchev–Trinajstić information content (AvgIpc) is 2.33. The van der Waals surface area contributed by atoms with Crippen LogP contribution >= 0.6 is 0 Å². The minimum atomic E-state index is -3.49. The Kier molecular flexibility index (Phi) is 5.01. The Morgan fingerprint density at radius 1 is 1.44 bits per heavy atom. The smallest absolute Gasteiger partial charge is 0.253 e. The Balaban J connectivity index is 2.51. The molecule has 6 N–H and O–H groups in total. The highest BCUT2D eigenvalue weighted by Crippen LogP contribution is 2.11. The Morgan fingerprint density at radius 2 is 2.17 bits per heavy atom. The number of nitrogens with one attached hydrogen (secondary N) is 2. The van der Waals surface area contributed by atoms with Crippen molar-refractivity contribution in [1.29, 1.82) is 0 Å². The normalized spacial score (nSPS) is 11.0. The molecular formula is C9H15N5O3S. The fourth-order valence-corrected chi connectivity index (χ4v) is 1.82. The number of amides is 1. The molecule has 1 heterocycles. The van der Waals surface area contributed by atoms with E-state index in [4.69, 9.17) is 11.0 Å². The lowest BCUT2D eigenvalue weighted by Crippen LogP contribution is -2.28. The van der Waals surface area contributed by atoms with E-state index in [1.165, 1.54) is 18.5 Å². The molecule has 0 atom stereocenters. The molecule has 1 rings (SSSR count). The van der Waals surface area contributed by atoms with E-state index in [2.05, 4.69) is 15.7 Å². The van der Waals surface area contributed by atoms with E-state index in [0.717, 1.165) is 0 Å². The lowest BCUT2D eigenvalue weighted by atomic mass is 10.2. The SMILES string of the molecule is NNc1cnccc1C(=O)NCCCS(N)(=O)=O. The van der Waals surface area contributed by atoms with Gasteiger partial charge in [-0.05, 0) is 12.5 Å². The molecule has 0 saturated carbocycles. The van der Waals surface area contributed by atoms with E-state index in [1.54, 1.807) is 0 Å². The van der Waals surface area contributed by atoms with Gasteiger partial charge >= 0.3 is 0 Å². The van der Waals surface area contributed by atoms with Crippen LogP contribution in [0.1, 0.15) is 16.8 Å². The van der Waals surface area contributed by atoms with Gasteiger partial charge in [0.25, 0.3) is 5.91 Å². The second-order valence-electron chi connectivity index (χ2n) is 3.54. The van der Waals surface area contributed by atoms with Crippen LogP contribution in [0, 0.1) is 0 Å². The largest absolute Gasteiger partial charge is 0.352 e. The van der Waals surface area contributed by atoms with Crippen LogP contribution < -0.4 is 21.7 Å². The van der Waals surface area contributed by atoms with Crippen LogP contribution in [0.4, 0.5) is 5.69 Å². The first-order valence-electron chi connectivity index (χ1n) is 5.13. The molecule has 0 fully saturated rings. The van der Waals surface area contributed by atoms with Crippen molar-refractivity contribution in [3.05, 3.63) is 24.0 Å². The number of hydrogen-bond acceptors (Lipinski definition) is 6. The molecule has 8 nitrogen and oxygen atoms in total. The molecule has 1 aromatic rings. The maximum atomic E-state index is 11.7. The summed E-state index contributed by atoms with van der Waals surface area (Å²) in [5, 5.41) is 7.40. The molecule has 0 aliphatic carbocycles. The third-order valence-electron chi connectivity index (χ3n) is 2.11. The van der Waals surface area contributed by atoms with Gasteiger partial charge in [0.05, 0.1) is 23.2 Å². The van der Waals surface area contributed by atoms with Crippen LogP contribution in [0.2, 0.25) is 0 Å². The molecule has 100 valence electrons. The number of rotatable bonds is 6. The third-order valence-corrected chi connectivity index (χ3v) is 2.97. The number of nitrogen functional groups attached to an aromatic ring is 1. The Labute approximate surface area is 105 Å². The van der Waals surface area contributed by atoms with Crippen LogP contribution in [0.25, 0.3) is 0 Å². The van der Waals surface area contributed by atoms with Crippen molar-refractivity contribution >= 4 is 21.6 Å². The summed E-state index contributed by atoms with van der Waals surface area (Å²) in [4.78, 5) is 15.5. The van der Waals surface area contributed by atoms with Gasteiger partial charge in [-0.15, -0.1) is 0 Å².